The van der Waals surface area contributed by atoms with E-state index < -0.39 is 20.4 Å². The monoisotopic (exact) mass is 544 g/mol. The molecule has 0 bridgehead atoms. The molecule has 0 saturated heterocycles. The summed E-state index contributed by atoms with van der Waals surface area (Å²) in [4.78, 5) is 0. The average Bonchev–Trinajstić information content (AvgIpc) is 3.16. The summed E-state index contributed by atoms with van der Waals surface area (Å²) in [6, 6.07) is 18.2. The molecule has 2 aromatic rings. The van der Waals surface area contributed by atoms with Crippen molar-refractivity contribution in [3.05, 3.63) is 96.9 Å². The molecule has 2 unspecified atom stereocenters. The first kappa shape index (κ1) is 26.6. The molecular formula is C27H32Cl2SiZr. The minimum absolute atomic E-state index is 0. The molecule has 0 amide bonds. The summed E-state index contributed by atoms with van der Waals surface area (Å²) >= 11 is -1.90. The number of fused-ring (bicyclic) bond motifs is 1. The zero-order valence-corrected chi connectivity index (χ0v) is 24.6. The largest absolute Gasteiger partial charge is 1.00 e. The SMILES string of the molecule is CC1=C(C)C(C)[C]([Zr+2]([CH]2C=C(c3ccccc3C)c3ccccc32)=[Si](C)C)=C1C.[Cl-].[Cl-]. The van der Waals surface area contributed by atoms with Crippen molar-refractivity contribution < 1.29 is 45.2 Å². The average molecular weight is 547 g/mol. The second-order valence-electron chi connectivity index (χ2n) is 8.94. The maximum Gasteiger partial charge on any atom is -1.00 e. The van der Waals surface area contributed by atoms with Gasteiger partial charge in [-0.3, -0.25) is 0 Å². The van der Waals surface area contributed by atoms with E-state index in [1.165, 1.54) is 22.3 Å². The van der Waals surface area contributed by atoms with E-state index in [0.29, 0.717) is 9.54 Å². The number of hydrogen-bond acceptors (Lipinski definition) is 0. The summed E-state index contributed by atoms with van der Waals surface area (Å²) in [5.74, 6) is 0.660. The Labute approximate surface area is 209 Å². The first-order chi connectivity index (χ1) is 13.8. The molecule has 0 aliphatic heterocycles. The van der Waals surface area contributed by atoms with Gasteiger partial charge in [-0.2, -0.15) is 0 Å². The zero-order valence-electron chi connectivity index (χ0n) is 19.6. The first-order valence-electron chi connectivity index (χ1n) is 10.8. The fourth-order valence-corrected chi connectivity index (χ4v) is 24.9. The van der Waals surface area contributed by atoms with Crippen molar-refractivity contribution >= 4 is 11.0 Å². The number of hydrogen-bond donors (Lipinski definition) is 0. The van der Waals surface area contributed by atoms with Gasteiger partial charge in [-0.25, -0.2) is 0 Å². The smallest absolute Gasteiger partial charge is 1.00 e. The van der Waals surface area contributed by atoms with E-state index in [2.05, 4.69) is 102 Å². The van der Waals surface area contributed by atoms with E-state index >= 15 is 0 Å². The van der Waals surface area contributed by atoms with E-state index in [9.17, 15) is 0 Å². The Kier molecular flexibility index (Phi) is 9.02. The van der Waals surface area contributed by atoms with Gasteiger partial charge in [-0.1, -0.05) is 0 Å². The van der Waals surface area contributed by atoms with Crippen LogP contribution in [-0.4, -0.2) is 5.43 Å². The van der Waals surface area contributed by atoms with Gasteiger partial charge in [-0.05, 0) is 0 Å². The van der Waals surface area contributed by atoms with E-state index in [1.807, 2.05) is 3.28 Å². The molecule has 2 aliphatic carbocycles. The molecule has 0 N–H and O–H groups in total. The summed E-state index contributed by atoms with van der Waals surface area (Å²) < 4.78 is 2.58. The van der Waals surface area contributed by atoms with Crippen molar-refractivity contribution in [2.45, 2.75) is 51.3 Å². The Hall–Kier alpha value is -0.660. The molecule has 4 rings (SSSR count). The van der Waals surface area contributed by atoms with Crippen LogP contribution in [0.1, 0.15) is 53.6 Å². The van der Waals surface area contributed by atoms with Crippen LogP contribution in [0.3, 0.4) is 0 Å². The maximum absolute atomic E-state index is 2.69. The second kappa shape index (κ2) is 10.5. The van der Waals surface area contributed by atoms with Crippen LogP contribution in [0.15, 0.2) is 74.6 Å². The van der Waals surface area contributed by atoms with Crippen molar-refractivity contribution in [3.63, 3.8) is 0 Å². The van der Waals surface area contributed by atoms with Gasteiger partial charge in [0.2, 0.25) is 0 Å². The van der Waals surface area contributed by atoms with Gasteiger partial charge in [0.1, 0.15) is 0 Å². The fraction of sp³-hybridized carbons (Fsp3) is 0.333. The molecule has 2 atom stereocenters. The topological polar surface area (TPSA) is 0 Å². The van der Waals surface area contributed by atoms with Crippen molar-refractivity contribution in [1.29, 1.82) is 0 Å². The zero-order chi connectivity index (χ0) is 20.9. The summed E-state index contributed by atoms with van der Waals surface area (Å²) in [6.45, 7) is 17.0. The molecule has 162 valence electrons. The van der Waals surface area contributed by atoms with Crippen LogP contribution in [-0.2, 0) is 20.4 Å². The van der Waals surface area contributed by atoms with Gasteiger partial charge in [-0.15, -0.1) is 0 Å². The van der Waals surface area contributed by atoms with E-state index in [0.717, 1.165) is 0 Å². The third-order valence-corrected chi connectivity index (χ3v) is 25.7. The minimum atomic E-state index is -1.90. The van der Waals surface area contributed by atoms with Gasteiger partial charge in [0.05, 0.1) is 0 Å². The molecule has 0 aromatic heterocycles. The van der Waals surface area contributed by atoms with Gasteiger partial charge < -0.3 is 24.8 Å². The van der Waals surface area contributed by atoms with Crippen LogP contribution in [0.4, 0.5) is 0 Å². The molecule has 2 aromatic carbocycles. The molecule has 2 aliphatic rings. The Bertz CT molecular complexity index is 1130. The number of aryl methyl sites for hydroxylation is 1. The molecule has 0 fully saturated rings. The number of allylic oxidation sites excluding steroid dienone is 5. The summed E-state index contributed by atoms with van der Waals surface area (Å²) in [5, 5.41) is 0. The Morgan fingerprint density at radius 3 is 1.90 bits per heavy atom. The van der Waals surface area contributed by atoms with Gasteiger partial charge >= 0.3 is 185 Å². The predicted octanol–water partition coefficient (Wildman–Crippen LogP) is 1.62. The van der Waals surface area contributed by atoms with Crippen LogP contribution in [0.2, 0.25) is 13.1 Å². The number of benzene rings is 2. The molecular weight excluding hydrogens is 515 g/mol. The molecule has 4 heteroatoms. The summed E-state index contributed by atoms with van der Waals surface area (Å²) in [7, 11) is 0. The van der Waals surface area contributed by atoms with Crippen LogP contribution >= 0.6 is 0 Å². The van der Waals surface area contributed by atoms with Crippen LogP contribution in [0.25, 0.3) is 5.57 Å². The quantitative estimate of drug-likeness (QED) is 0.514. The number of halogens is 2. The van der Waals surface area contributed by atoms with Crippen molar-refractivity contribution in [2.75, 3.05) is 0 Å². The number of rotatable bonds is 3. The summed E-state index contributed by atoms with van der Waals surface area (Å²) in [5.41, 5.74) is 11.9. The van der Waals surface area contributed by atoms with Gasteiger partial charge in [0, 0.05) is 0 Å². The Balaban J connectivity index is 0.00000171. The predicted molar refractivity (Wildman–Crippen MR) is 125 cm³/mol. The molecule has 0 radical (unpaired) electrons. The van der Waals surface area contributed by atoms with Crippen molar-refractivity contribution in [3.8, 4) is 0 Å². The van der Waals surface area contributed by atoms with Crippen LogP contribution in [0, 0.1) is 12.8 Å². The Morgan fingerprint density at radius 1 is 0.774 bits per heavy atom. The standard InChI is InChI=1S/C16H13.C9H13.C2H6Si.2ClH.Zr/c1-12-6-2-4-8-14(12)16-11-10-13-7-3-5-9-15(13)16;1-6-5-7(2)9(4)8(6)3;1-3-2;;;/h2-11H,1H3;6H,1-4H3;1-2H3;2*1H;/q;;;;;+2/p-2. The van der Waals surface area contributed by atoms with Crippen LogP contribution < -0.4 is 24.8 Å². The third kappa shape index (κ3) is 4.56. The summed E-state index contributed by atoms with van der Waals surface area (Å²) in [6.07, 6.45) is 2.69. The van der Waals surface area contributed by atoms with Gasteiger partial charge in [0.15, 0.2) is 0 Å². The fourth-order valence-electron chi connectivity index (χ4n) is 5.26. The minimum Gasteiger partial charge on any atom is -1.00 e. The first-order valence-corrected chi connectivity index (χ1v) is 19.6. The van der Waals surface area contributed by atoms with E-state index in [-0.39, 0.29) is 30.2 Å². The molecule has 0 heterocycles. The maximum atomic E-state index is 2.69. The molecule has 31 heavy (non-hydrogen) atoms. The van der Waals surface area contributed by atoms with E-state index in [1.54, 1.807) is 22.3 Å². The normalized spacial score (nSPS) is 19.2. The van der Waals surface area contributed by atoms with Crippen molar-refractivity contribution in [1.82, 2.24) is 0 Å². The molecule has 0 nitrogen and oxygen atoms in total. The van der Waals surface area contributed by atoms with E-state index in [4.69, 9.17) is 0 Å². The molecule has 0 saturated carbocycles. The third-order valence-electron chi connectivity index (χ3n) is 7.13. The Morgan fingerprint density at radius 2 is 1.35 bits per heavy atom. The second-order valence-corrected chi connectivity index (χ2v) is 26.4. The van der Waals surface area contributed by atoms with Gasteiger partial charge in [0.25, 0.3) is 0 Å². The molecule has 0 spiro atoms. The van der Waals surface area contributed by atoms with Crippen LogP contribution in [0.5, 0.6) is 0 Å². The van der Waals surface area contributed by atoms with Crippen molar-refractivity contribution in [2.24, 2.45) is 5.92 Å².